The number of carbonyl (C=O) groups excluding carboxylic acids is 1. The van der Waals surface area contributed by atoms with Crippen molar-refractivity contribution >= 4 is 23.0 Å². The molecule has 2 aromatic carbocycles. The number of hydrogen-bond acceptors (Lipinski definition) is 6. The molecular formula is C15H13N3O6. The summed E-state index contributed by atoms with van der Waals surface area (Å²) < 4.78 is 5.20. The Kier molecular flexibility index (Phi) is 5.05. The Morgan fingerprint density at radius 1 is 1.12 bits per heavy atom. The van der Waals surface area contributed by atoms with Gasteiger partial charge in [-0.25, -0.2) is 0 Å². The van der Waals surface area contributed by atoms with Gasteiger partial charge in [-0.3, -0.25) is 25.0 Å². The molecule has 124 valence electrons. The number of amides is 1. The summed E-state index contributed by atoms with van der Waals surface area (Å²) in [6, 6.07) is 9.76. The lowest BCUT2D eigenvalue weighted by Gasteiger charge is -2.09. The van der Waals surface area contributed by atoms with E-state index in [1.165, 1.54) is 49.4 Å². The van der Waals surface area contributed by atoms with E-state index < -0.39 is 15.8 Å². The molecule has 9 nitrogen and oxygen atoms in total. The predicted molar refractivity (Wildman–Crippen MR) is 85.1 cm³/mol. The molecule has 1 N–H and O–H groups in total. The van der Waals surface area contributed by atoms with Crippen LogP contribution in [0.5, 0.6) is 5.75 Å². The van der Waals surface area contributed by atoms with Crippen LogP contribution in [0, 0.1) is 27.2 Å². The van der Waals surface area contributed by atoms with Gasteiger partial charge in [-0.2, -0.15) is 0 Å². The molecule has 0 radical (unpaired) electrons. The van der Waals surface area contributed by atoms with E-state index in [2.05, 4.69) is 5.32 Å². The highest BCUT2D eigenvalue weighted by Crippen LogP contribution is 2.25. The minimum absolute atomic E-state index is 0.104. The molecule has 1 amide bonds. The second kappa shape index (κ2) is 7.18. The average molecular weight is 331 g/mol. The van der Waals surface area contributed by atoms with Crippen molar-refractivity contribution in [3.05, 3.63) is 68.3 Å². The van der Waals surface area contributed by atoms with Crippen molar-refractivity contribution in [2.75, 3.05) is 11.9 Å². The van der Waals surface area contributed by atoms with Gasteiger partial charge >= 0.3 is 0 Å². The summed E-state index contributed by atoms with van der Waals surface area (Å²) in [7, 11) is 0. The second-order valence-electron chi connectivity index (χ2n) is 4.80. The lowest BCUT2D eigenvalue weighted by atomic mass is 10.1. The van der Waals surface area contributed by atoms with Gasteiger partial charge in [0.05, 0.1) is 27.2 Å². The van der Waals surface area contributed by atoms with E-state index in [0.717, 1.165) is 0 Å². The summed E-state index contributed by atoms with van der Waals surface area (Å²) in [4.78, 5) is 32.3. The highest BCUT2D eigenvalue weighted by molar-refractivity contribution is 5.93. The fourth-order valence-corrected chi connectivity index (χ4v) is 1.98. The molecule has 0 aromatic heterocycles. The number of rotatable bonds is 6. The molecule has 2 rings (SSSR count). The zero-order valence-electron chi connectivity index (χ0n) is 12.6. The normalized spacial score (nSPS) is 10.0. The largest absolute Gasteiger partial charge is 0.484 e. The van der Waals surface area contributed by atoms with Crippen molar-refractivity contribution in [1.82, 2.24) is 0 Å². The number of benzene rings is 2. The Bertz CT molecular complexity index is 806. The number of carbonyl (C=O) groups is 1. The third-order valence-electron chi connectivity index (χ3n) is 3.17. The van der Waals surface area contributed by atoms with Gasteiger partial charge < -0.3 is 10.1 Å². The second-order valence-corrected chi connectivity index (χ2v) is 4.80. The van der Waals surface area contributed by atoms with Crippen LogP contribution < -0.4 is 10.1 Å². The molecule has 0 saturated heterocycles. The van der Waals surface area contributed by atoms with Gasteiger partial charge in [0.2, 0.25) is 0 Å². The number of hydrogen-bond donors (Lipinski definition) is 1. The van der Waals surface area contributed by atoms with Crippen molar-refractivity contribution in [3.8, 4) is 5.75 Å². The molecule has 0 aliphatic rings. The number of ether oxygens (including phenoxy) is 1. The van der Waals surface area contributed by atoms with E-state index in [1.54, 1.807) is 0 Å². The molecule has 0 fully saturated rings. The zero-order chi connectivity index (χ0) is 17.7. The first kappa shape index (κ1) is 16.9. The van der Waals surface area contributed by atoms with Crippen molar-refractivity contribution in [1.29, 1.82) is 0 Å². The number of nitro groups is 2. The quantitative estimate of drug-likeness (QED) is 0.641. The van der Waals surface area contributed by atoms with Gasteiger partial charge in [0.15, 0.2) is 6.61 Å². The van der Waals surface area contributed by atoms with E-state index in [0.29, 0.717) is 11.3 Å². The first-order valence-corrected chi connectivity index (χ1v) is 6.79. The van der Waals surface area contributed by atoms with Gasteiger partial charge in [-0.05, 0) is 19.1 Å². The Labute approximate surface area is 136 Å². The van der Waals surface area contributed by atoms with Gasteiger partial charge in [0.25, 0.3) is 17.3 Å². The highest BCUT2D eigenvalue weighted by atomic mass is 16.6. The van der Waals surface area contributed by atoms with Crippen molar-refractivity contribution in [3.63, 3.8) is 0 Å². The van der Waals surface area contributed by atoms with Crippen molar-refractivity contribution in [2.24, 2.45) is 0 Å². The molecule has 0 atom stereocenters. The number of non-ortho nitro benzene ring substituents is 1. The van der Waals surface area contributed by atoms with Crippen molar-refractivity contribution in [2.45, 2.75) is 6.92 Å². The Balaban J connectivity index is 2.02. The Morgan fingerprint density at radius 2 is 1.83 bits per heavy atom. The van der Waals surface area contributed by atoms with E-state index in [1.807, 2.05) is 0 Å². The molecule has 0 aliphatic carbocycles. The lowest BCUT2D eigenvalue weighted by molar-refractivity contribution is -0.385. The van der Waals surface area contributed by atoms with Gasteiger partial charge in [0.1, 0.15) is 5.75 Å². The maximum atomic E-state index is 11.9. The smallest absolute Gasteiger partial charge is 0.274 e. The van der Waals surface area contributed by atoms with Gasteiger partial charge in [-0.15, -0.1) is 0 Å². The lowest BCUT2D eigenvalue weighted by Crippen LogP contribution is -2.20. The predicted octanol–water partition coefficient (Wildman–Crippen LogP) is 2.83. The molecular weight excluding hydrogens is 318 g/mol. The standard InChI is InChI=1S/C15H13N3O6/c1-10-13(6-3-7-14(10)18(22)23)16-15(19)9-24-12-5-2-4-11(8-12)17(20)21/h2-8H,9H2,1H3,(H,16,19). The number of anilines is 1. The fourth-order valence-electron chi connectivity index (χ4n) is 1.98. The van der Waals surface area contributed by atoms with E-state index >= 15 is 0 Å². The van der Waals surface area contributed by atoms with E-state index in [4.69, 9.17) is 4.74 Å². The molecule has 24 heavy (non-hydrogen) atoms. The molecule has 0 aliphatic heterocycles. The Morgan fingerprint density at radius 3 is 2.50 bits per heavy atom. The van der Waals surface area contributed by atoms with Crippen LogP contribution in [0.25, 0.3) is 0 Å². The summed E-state index contributed by atoms with van der Waals surface area (Å²) in [5.41, 5.74) is 0.373. The van der Waals surface area contributed by atoms with Crippen molar-refractivity contribution < 1.29 is 19.4 Å². The minimum atomic E-state index is -0.570. The Hall–Kier alpha value is -3.49. The average Bonchev–Trinajstić information content (AvgIpc) is 2.55. The summed E-state index contributed by atoms with van der Waals surface area (Å²) >= 11 is 0. The summed E-state index contributed by atoms with van der Waals surface area (Å²) in [5.74, 6) is -0.361. The third kappa shape index (κ3) is 4.03. The molecule has 0 unspecified atom stereocenters. The zero-order valence-corrected chi connectivity index (χ0v) is 12.6. The summed E-state index contributed by atoms with van der Waals surface area (Å²) in [5, 5.41) is 24.1. The van der Waals surface area contributed by atoms with Gasteiger partial charge in [-0.1, -0.05) is 12.1 Å². The molecule has 9 heteroatoms. The maximum Gasteiger partial charge on any atom is 0.274 e. The fraction of sp³-hybridized carbons (Fsp3) is 0.133. The first-order valence-electron chi connectivity index (χ1n) is 6.79. The van der Waals surface area contributed by atoms with Crippen LogP contribution in [0.2, 0.25) is 0 Å². The number of nitrogens with one attached hydrogen (secondary N) is 1. The molecule has 0 heterocycles. The third-order valence-corrected chi connectivity index (χ3v) is 3.17. The first-order chi connectivity index (χ1) is 11.4. The van der Waals surface area contributed by atoms with Crippen LogP contribution in [0.3, 0.4) is 0 Å². The molecule has 0 saturated carbocycles. The number of nitro benzene ring substituents is 2. The van der Waals surface area contributed by atoms with Crippen LogP contribution in [0.1, 0.15) is 5.56 Å². The maximum absolute atomic E-state index is 11.9. The minimum Gasteiger partial charge on any atom is -0.484 e. The monoisotopic (exact) mass is 331 g/mol. The highest BCUT2D eigenvalue weighted by Gasteiger charge is 2.15. The van der Waals surface area contributed by atoms with Gasteiger partial charge in [0, 0.05) is 12.1 Å². The molecule has 2 aromatic rings. The topological polar surface area (TPSA) is 125 Å². The van der Waals surface area contributed by atoms with E-state index in [9.17, 15) is 25.0 Å². The number of nitrogens with zero attached hydrogens (tertiary/aromatic N) is 2. The van der Waals surface area contributed by atoms with Crippen LogP contribution in [-0.4, -0.2) is 22.4 Å². The van der Waals surface area contributed by atoms with Crippen LogP contribution in [-0.2, 0) is 4.79 Å². The SMILES string of the molecule is Cc1c(NC(=O)COc2cccc([N+](=O)[O-])c2)cccc1[N+](=O)[O-]. The summed E-state index contributed by atoms with van der Waals surface area (Å²) in [6.45, 7) is 1.14. The van der Waals surface area contributed by atoms with E-state index in [-0.39, 0.29) is 23.7 Å². The molecule has 0 spiro atoms. The van der Waals surface area contributed by atoms with Crippen LogP contribution in [0.15, 0.2) is 42.5 Å². The van der Waals surface area contributed by atoms with Crippen LogP contribution in [0.4, 0.5) is 17.1 Å². The summed E-state index contributed by atoms with van der Waals surface area (Å²) in [6.07, 6.45) is 0. The van der Waals surface area contributed by atoms with Crippen LogP contribution >= 0.6 is 0 Å². The molecule has 0 bridgehead atoms.